The Labute approximate surface area is 180 Å². The monoisotopic (exact) mass is 427 g/mol. The van der Waals surface area contributed by atoms with Gasteiger partial charge in [0, 0.05) is 30.1 Å². The fourth-order valence-corrected chi connectivity index (χ4v) is 3.39. The van der Waals surface area contributed by atoms with E-state index in [0.717, 1.165) is 10.9 Å². The Hall–Kier alpha value is -3.10. The lowest BCUT2D eigenvalue weighted by Crippen LogP contribution is -2.41. The van der Waals surface area contributed by atoms with Crippen LogP contribution in [-0.2, 0) is 13.1 Å². The van der Waals surface area contributed by atoms with Gasteiger partial charge >= 0.3 is 0 Å². The molecule has 0 unspecified atom stereocenters. The van der Waals surface area contributed by atoms with Crippen LogP contribution < -0.4 is 20.3 Å². The van der Waals surface area contributed by atoms with E-state index >= 15 is 0 Å². The number of H-pyrrole nitrogens is 1. The highest BCUT2D eigenvalue weighted by Gasteiger charge is 2.14. The van der Waals surface area contributed by atoms with E-state index in [4.69, 9.17) is 21.7 Å². The molecule has 7 nitrogen and oxygen atoms in total. The van der Waals surface area contributed by atoms with Crippen molar-refractivity contribution in [2.45, 2.75) is 13.1 Å². The first kappa shape index (κ1) is 21.6. The lowest BCUT2D eigenvalue weighted by molar-refractivity contribution is 0.245. The molecule has 0 bridgehead atoms. The van der Waals surface area contributed by atoms with E-state index in [2.05, 4.69) is 10.3 Å². The van der Waals surface area contributed by atoms with E-state index in [9.17, 15) is 9.90 Å². The number of nitrogens with zero attached hydrogens (tertiary/aromatic N) is 1. The maximum absolute atomic E-state index is 12.6. The average molecular weight is 428 g/mol. The predicted octanol–water partition coefficient (Wildman–Crippen LogP) is 2.41. The van der Waals surface area contributed by atoms with Crippen molar-refractivity contribution in [1.82, 2.24) is 15.2 Å². The first-order valence-corrected chi connectivity index (χ1v) is 9.92. The molecule has 30 heavy (non-hydrogen) atoms. The second kappa shape index (κ2) is 10.1. The minimum Gasteiger partial charge on any atom is -0.493 e. The Bertz CT molecular complexity index is 1070. The van der Waals surface area contributed by atoms with E-state index in [0.29, 0.717) is 40.8 Å². The van der Waals surface area contributed by atoms with Crippen molar-refractivity contribution in [2.24, 2.45) is 0 Å². The molecule has 3 N–H and O–H groups in total. The molecule has 0 saturated carbocycles. The Kier molecular flexibility index (Phi) is 7.26. The van der Waals surface area contributed by atoms with E-state index < -0.39 is 0 Å². The molecule has 0 aliphatic carbocycles. The van der Waals surface area contributed by atoms with Crippen molar-refractivity contribution in [3.63, 3.8) is 0 Å². The third kappa shape index (κ3) is 5.08. The summed E-state index contributed by atoms with van der Waals surface area (Å²) in [5, 5.41) is 13.9. The lowest BCUT2D eigenvalue weighted by Gasteiger charge is -2.25. The SMILES string of the molecule is COc1cc2cc(CN(CCO)C(=S)NCc3ccccc3)c(=O)[nH]c2cc1OC. The van der Waals surface area contributed by atoms with Crippen molar-refractivity contribution >= 4 is 28.2 Å². The highest BCUT2D eigenvalue weighted by molar-refractivity contribution is 7.80. The van der Waals surface area contributed by atoms with Crippen molar-refractivity contribution in [1.29, 1.82) is 0 Å². The summed E-state index contributed by atoms with van der Waals surface area (Å²) in [6.07, 6.45) is 0. The second-order valence-corrected chi connectivity index (χ2v) is 7.09. The van der Waals surface area contributed by atoms with Crippen LogP contribution in [0.2, 0.25) is 0 Å². The quantitative estimate of drug-likeness (QED) is 0.476. The number of rotatable bonds is 8. The number of aromatic amines is 1. The number of thiocarbonyl (C=S) groups is 1. The summed E-state index contributed by atoms with van der Waals surface area (Å²) in [6.45, 7) is 1.06. The Morgan fingerprint density at radius 1 is 1.13 bits per heavy atom. The van der Waals surface area contributed by atoms with Gasteiger partial charge in [-0.25, -0.2) is 0 Å². The molecule has 1 heterocycles. The Morgan fingerprint density at radius 3 is 2.50 bits per heavy atom. The minimum atomic E-state index is -0.219. The van der Waals surface area contributed by atoms with Gasteiger partial charge in [0.2, 0.25) is 0 Å². The minimum absolute atomic E-state index is 0.0797. The van der Waals surface area contributed by atoms with Gasteiger partial charge in [-0.2, -0.15) is 0 Å². The first-order chi connectivity index (χ1) is 14.5. The van der Waals surface area contributed by atoms with Crippen LogP contribution in [0.1, 0.15) is 11.1 Å². The van der Waals surface area contributed by atoms with E-state index in [1.165, 1.54) is 0 Å². The summed E-state index contributed by atoms with van der Waals surface area (Å²) in [7, 11) is 3.11. The van der Waals surface area contributed by atoms with Crippen molar-refractivity contribution in [2.75, 3.05) is 27.4 Å². The third-order valence-corrected chi connectivity index (χ3v) is 5.13. The van der Waals surface area contributed by atoms with E-state index in [1.54, 1.807) is 31.3 Å². The van der Waals surface area contributed by atoms with Crippen LogP contribution in [0.4, 0.5) is 0 Å². The zero-order chi connectivity index (χ0) is 21.5. The summed E-state index contributed by atoms with van der Waals surface area (Å²) < 4.78 is 10.7. The van der Waals surface area contributed by atoms with Crippen LogP contribution in [0.3, 0.4) is 0 Å². The molecule has 3 aromatic rings. The molecular formula is C22H25N3O4S. The van der Waals surface area contributed by atoms with Crippen LogP contribution in [-0.4, -0.2) is 47.5 Å². The fourth-order valence-electron chi connectivity index (χ4n) is 3.16. The number of hydrogen-bond acceptors (Lipinski definition) is 5. The normalized spacial score (nSPS) is 10.6. The predicted molar refractivity (Wildman–Crippen MR) is 121 cm³/mol. The number of aromatic nitrogens is 1. The summed E-state index contributed by atoms with van der Waals surface area (Å²) in [5.41, 5.74) is 2.06. The molecule has 1 aromatic heterocycles. The molecule has 8 heteroatoms. The van der Waals surface area contributed by atoms with Crippen molar-refractivity contribution in [3.05, 3.63) is 70.0 Å². The van der Waals surface area contributed by atoms with Crippen LogP contribution >= 0.6 is 12.2 Å². The average Bonchev–Trinajstić information content (AvgIpc) is 2.77. The molecule has 0 fully saturated rings. The molecule has 0 spiro atoms. The number of fused-ring (bicyclic) bond motifs is 1. The van der Waals surface area contributed by atoms with Crippen molar-refractivity contribution < 1.29 is 14.6 Å². The molecule has 0 radical (unpaired) electrons. The fraction of sp³-hybridized carbons (Fsp3) is 0.273. The Balaban J connectivity index is 1.82. The van der Waals surface area contributed by atoms with Crippen LogP contribution in [0.5, 0.6) is 11.5 Å². The second-order valence-electron chi connectivity index (χ2n) is 6.71. The van der Waals surface area contributed by atoms with Crippen molar-refractivity contribution in [3.8, 4) is 11.5 Å². The molecular weight excluding hydrogens is 402 g/mol. The van der Waals surface area contributed by atoms with Gasteiger partial charge in [-0.1, -0.05) is 30.3 Å². The van der Waals surface area contributed by atoms with Gasteiger partial charge in [-0.3, -0.25) is 4.79 Å². The summed E-state index contributed by atoms with van der Waals surface area (Å²) in [5.74, 6) is 1.12. The number of hydrogen-bond donors (Lipinski definition) is 3. The molecule has 0 saturated heterocycles. The summed E-state index contributed by atoms with van der Waals surface area (Å²) in [4.78, 5) is 17.3. The van der Waals surface area contributed by atoms with Gasteiger partial charge in [0.05, 0.1) is 32.9 Å². The van der Waals surface area contributed by atoms with E-state index in [1.807, 2.05) is 36.4 Å². The standard InChI is InChI=1S/C22H25N3O4S/c1-28-19-11-16-10-17(21(27)24-18(16)12-20(19)29-2)14-25(8-9-26)22(30)23-13-15-6-4-3-5-7-15/h3-7,10-12,26H,8-9,13-14H2,1-2H3,(H,23,30)(H,24,27). The van der Waals surface area contributed by atoms with Crippen LogP contribution in [0.25, 0.3) is 10.9 Å². The third-order valence-electron chi connectivity index (χ3n) is 4.73. The number of ether oxygens (including phenoxy) is 2. The highest BCUT2D eigenvalue weighted by Crippen LogP contribution is 2.31. The largest absolute Gasteiger partial charge is 0.493 e. The molecule has 3 rings (SSSR count). The number of benzene rings is 2. The number of nitrogens with one attached hydrogen (secondary N) is 2. The van der Waals surface area contributed by atoms with Gasteiger partial charge in [0.25, 0.3) is 5.56 Å². The maximum Gasteiger partial charge on any atom is 0.253 e. The van der Waals surface area contributed by atoms with Gasteiger partial charge in [-0.15, -0.1) is 0 Å². The summed E-state index contributed by atoms with van der Waals surface area (Å²) >= 11 is 5.51. The highest BCUT2D eigenvalue weighted by atomic mass is 32.1. The molecule has 0 atom stereocenters. The molecule has 2 aromatic carbocycles. The zero-order valence-electron chi connectivity index (χ0n) is 17.0. The topological polar surface area (TPSA) is 86.8 Å². The van der Waals surface area contributed by atoms with Gasteiger partial charge in [0.15, 0.2) is 16.6 Å². The molecule has 0 amide bonds. The number of aliphatic hydroxyl groups excluding tert-OH is 1. The number of pyridine rings is 1. The first-order valence-electron chi connectivity index (χ1n) is 9.51. The maximum atomic E-state index is 12.6. The number of methoxy groups -OCH3 is 2. The van der Waals surface area contributed by atoms with Gasteiger partial charge in [-0.05, 0) is 29.9 Å². The Morgan fingerprint density at radius 2 is 1.83 bits per heavy atom. The zero-order valence-corrected chi connectivity index (χ0v) is 17.8. The smallest absolute Gasteiger partial charge is 0.253 e. The van der Waals surface area contributed by atoms with Crippen LogP contribution in [0.15, 0.2) is 53.3 Å². The molecule has 0 aliphatic heterocycles. The van der Waals surface area contributed by atoms with Gasteiger partial charge < -0.3 is 29.8 Å². The van der Waals surface area contributed by atoms with Crippen LogP contribution in [0, 0.1) is 0 Å². The lowest BCUT2D eigenvalue weighted by atomic mass is 10.1. The molecule has 0 aliphatic rings. The van der Waals surface area contributed by atoms with Gasteiger partial charge in [0.1, 0.15) is 0 Å². The van der Waals surface area contributed by atoms with E-state index in [-0.39, 0.29) is 18.7 Å². The summed E-state index contributed by atoms with van der Waals surface area (Å²) in [6, 6.07) is 15.2. The number of aliphatic hydroxyl groups is 1. The molecule has 158 valence electrons.